The molecule has 3 heterocycles. The molecule has 0 bridgehead atoms. The standard InChI is InChI=1S/C42H69NO6SSi2/c1-17-19-30-37(49-52(15,16)40(7,8)9)27(2)20-18-23-42(12)35(47-42)25-32(29-21-22-33-31(24-29)43-28(3)50-33)46-36(44)26-34(41(10,11)38(30)45)48-51(13,14)39(4,5)6/h17,21-22,24,27,30,32,34-35,37H,1,18-20,23,25-26H2,2-16H3/t27-,30+,32-,34-,35-,37-,42+/m0/s1. The van der Waals surface area contributed by atoms with Crippen molar-refractivity contribution in [3.05, 3.63) is 41.4 Å². The van der Waals surface area contributed by atoms with E-state index in [1.165, 1.54) is 0 Å². The summed E-state index contributed by atoms with van der Waals surface area (Å²) in [4.78, 5) is 34.3. The number of benzene rings is 1. The summed E-state index contributed by atoms with van der Waals surface area (Å²) in [5.74, 6) is -0.628. The molecule has 0 aliphatic carbocycles. The summed E-state index contributed by atoms with van der Waals surface area (Å²) in [5.41, 5.74) is 0.502. The summed E-state index contributed by atoms with van der Waals surface area (Å²) >= 11 is 1.66. The molecule has 2 aromatic rings. The van der Waals surface area contributed by atoms with Gasteiger partial charge in [-0.1, -0.05) is 80.9 Å². The molecule has 10 heteroatoms. The van der Waals surface area contributed by atoms with Crippen molar-refractivity contribution in [2.75, 3.05) is 0 Å². The molecule has 7 nitrogen and oxygen atoms in total. The van der Waals surface area contributed by atoms with Gasteiger partial charge in [0.25, 0.3) is 0 Å². The van der Waals surface area contributed by atoms with Gasteiger partial charge in [0.05, 0.1) is 45.6 Å². The Morgan fingerprint density at radius 1 is 1.02 bits per heavy atom. The number of aromatic nitrogens is 1. The molecule has 292 valence electrons. The molecule has 0 unspecified atom stereocenters. The molecule has 0 amide bonds. The number of Topliss-reactive ketones (excluding diaryl/α,β-unsaturated/α-hetero) is 1. The zero-order chi connectivity index (χ0) is 39.2. The number of hydrogen-bond acceptors (Lipinski definition) is 8. The molecule has 0 N–H and O–H groups in total. The molecule has 52 heavy (non-hydrogen) atoms. The van der Waals surface area contributed by atoms with Gasteiger partial charge in [-0.15, -0.1) is 17.9 Å². The highest BCUT2D eigenvalue weighted by Crippen LogP contribution is 2.49. The van der Waals surface area contributed by atoms with E-state index in [0.717, 1.165) is 40.1 Å². The maximum atomic E-state index is 15.3. The lowest BCUT2D eigenvalue weighted by atomic mass is 9.71. The number of thiazole rings is 1. The minimum Gasteiger partial charge on any atom is -0.457 e. The van der Waals surface area contributed by atoms with E-state index in [-0.39, 0.29) is 52.0 Å². The quantitative estimate of drug-likeness (QED) is 0.120. The predicted molar refractivity (Wildman–Crippen MR) is 220 cm³/mol. The highest BCUT2D eigenvalue weighted by Gasteiger charge is 2.54. The van der Waals surface area contributed by atoms with Gasteiger partial charge in [0, 0.05) is 17.8 Å². The van der Waals surface area contributed by atoms with Crippen molar-refractivity contribution in [2.45, 2.75) is 181 Å². The first-order chi connectivity index (χ1) is 23.7. The van der Waals surface area contributed by atoms with E-state index in [4.69, 9.17) is 23.3 Å². The Morgan fingerprint density at radius 3 is 2.23 bits per heavy atom. The van der Waals surface area contributed by atoms with Crippen molar-refractivity contribution in [3.63, 3.8) is 0 Å². The molecule has 1 aromatic carbocycles. The van der Waals surface area contributed by atoms with E-state index < -0.39 is 40.2 Å². The minimum atomic E-state index is -2.45. The predicted octanol–water partition coefficient (Wildman–Crippen LogP) is 11.5. The maximum absolute atomic E-state index is 15.3. The number of hydrogen-bond donors (Lipinski definition) is 0. The average Bonchev–Trinajstić information content (AvgIpc) is 3.47. The van der Waals surface area contributed by atoms with Gasteiger partial charge in [0.1, 0.15) is 11.9 Å². The van der Waals surface area contributed by atoms with E-state index >= 15 is 4.79 Å². The fourth-order valence-corrected chi connectivity index (χ4v) is 10.8. The Morgan fingerprint density at radius 2 is 1.63 bits per heavy atom. The summed E-state index contributed by atoms with van der Waals surface area (Å²) < 4.78 is 28.4. The number of rotatable bonds is 7. The van der Waals surface area contributed by atoms with Crippen LogP contribution >= 0.6 is 11.3 Å². The van der Waals surface area contributed by atoms with Crippen LogP contribution in [0.25, 0.3) is 10.2 Å². The number of aryl methyl sites for hydroxylation is 1. The molecule has 2 fully saturated rings. The average molecular weight is 772 g/mol. The number of carbonyl (C=O) groups excluding carboxylic acids is 2. The Bertz CT molecular complexity index is 1600. The van der Waals surface area contributed by atoms with Gasteiger partial charge in [-0.25, -0.2) is 4.98 Å². The molecular formula is C42H69NO6SSi2. The number of epoxide rings is 1. The second-order valence-corrected chi connectivity index (χ2v) is 30.3. The Kier molecular flexibility index (Phi) is 12.8. The zero-order valence-corrected chi connectivity index (χ0v) is 37.8. The van der Waals surface area contributed by atoms with E-state index in [2.05, 4.69) is 106 Å². The largest absolute Gasteiger partial charge is 0.457 e. The third-order valence-electron chi connectivity index (χ3n) is 12.9. The van der Waals surface area contributed by atoms with Gasteiger partial charge in [0.15, 0.2) is 16.6 Å². The van der Waals surface area contributed by atoms with Gasteiger partial charge in [-0.05, 0) is 93.0 Å². The lowest BCUT2D eigenvalue weighted by Gasteiger charge is -2.47. The second kappa shape index (κ2) is 15.4. The van der Waals surface area contributed by atoms with Crippen molar-refractivity contribution >= 4 is 49.9 Å². The summed E-state index contributed by atoms with van der Waals surface area (Å²) in [5, 5.41) is 0.837. The molecule has 0 saturated carbocycles. The van der Waals surface area contributed by atoms with Crippen molar-refractivity contribution in [1.82, 2.24) is 4.98 Å². The number of cyclic esters (lactones) is 1. The van der Waals surface area contributed by atoms with Crippen molar-refractivity contribution in [1.29, 1.82) is 0 Å². The molecule has 2 aliphatic rings. The summed E-state index contributed by atoms with van der Waals surface area (Å²) in [7, 11) is -4.74. The molecule has 1 aromatic heterocycles. The van der Waals surface area contributed by atoms with Crippen molar-refractivity contribution in [3.8, 4) is 0 Å². The zero-order valence-electron chi connectivity index (χ0n) is 35.0. The second-order valence-electron chi connectivity index (χ2n) is 19.6. The number of allylic oxidation sites excluding steroid dienone is 1. The lowest BCUT2D eigenvalue weighted by Crippen LogP contribution is -2.55. The van der Waals surface area contributed by atoms with Crippen LogP contribution in [0.2, 0.25) is 36.3 Å². The van der Waals surface area contributed by atoms with Crippen LogP contribution in [0.3, 0.4) is 0 Å². The first kappa shape index (κ1) is 43.0. The number of ketones is 1. The van der Waals surface area contributed by atoms with Crippen LogP contribution in [0, 0.1) is 24.2 Å². The van der Waals surface area contributed by atoms with Crippen LogP contribution in [0.1, 0.15) is 124 Å². The van der Waals surface area contributed by atoms with Crippen LogP contribution < -0.4 is 0 Å². The summed E-state index contributed by atoms with van der Waals surface area (Å²) in [6, 6.07) is 6.18. The number of fused-ring (bicyclic) bond motifs is 2. The van der Waals surface area contributed by atoms with Gasteiger partial charge < -0.3 is 18.3 Å². The Balaban J connectivity index is 1.81. The topological polar surface area (TPSA) is 87.3 Å². The molecule has 0 spiro atoms. The summed E-state index contributed by atoms with van der Waals surface area (Å²) in [6.45, 7) is 36.7. The minimum absolute atomic E-state index is 0.0288. The molecular weight excluding hydrogens is 703 g/mol. The van der Waals surface area contributed by atoms with Crippen LogP contribution in [-0.2, 0) is 27.9 Å². The van der Waals surface area contributed by atoms with E-state index in [9.17, 15) is 4.79 Å². The smallest absolute Gasteiger partial charge is 0.309 e. The lowest BCUT2D eigenvalue weighted by molar-refractivity contribution is -0.156. The van der Waals surface area contributed by atoms with Crippen molar-refractivity contribution < 1.29 is 27.9 Å². The van der Waals surface area contributed by atoms with Crippen LogP contribution in [-0.4, -0.2) is 57.3 Å². The first-order valence-electron chi connectivity index (χ1n) is 19.5. The van der Waals surface area contributed by atoms with Gasteiger partial charge in [0.2, 0.25) is 0 Å². The normalized spacial score (nSPS) is 30.1. The molecule has 7 atom stereocenters. The van der Waals surface area contributed by atoms with E-state index in [1.807, 2.05) is 26.8 Å². The molecule has 2 saturated heterocycles. The van der Waals surface area contributed by atoms with Crippen LogP contribution in [0.15, 0.2) is 30.9 Å². The van der Waals surface area contributed by atoms with Crippen LogP contribution in [0.5, 0.6) is 0 Å². The highest BCUT2D eigenvalue weighted by atomic mass is 32.1. The van der Waals surface area contributed by atoms with Gasteiger partial charge in [-0.3, -0.25) is 9.59 Å². The number of carbonyl (C=O) groups is 2. The molecule has 0 radical (unpaired) electrons. The van der Waals surface area contributed by atoms with Gasteiger partial charge in [-0.2, -0.15) is 0 Å². The van der Waals surface area contributed by atoms with Crippen molar-refractivity contribution in [2.24, 2.45) is 17.3 Å². The third kappa shape index (κ3) is 9.56. The monoisotopic (exact) mass is 771 g/mol. The summed E-state index contributed by atoms with van der Waals surface area (Å²) in [6.07, 6.45) is 4.07. The van der Waals surface area contributed by atoms with Gasteiger partial charge >= 0.3 is 5.97 Å². The molecule has 2 aliphatic heterocycles. The SMILES string of the molecule is C=CC[C@H]1C(=O)C(C)(C)[C@@H](O[Si](C)(C)C(C)(C)C)CC(=O)O[C@H](c2ccc3sc(C)nc3c2)C[C@@H]2O[C@]2(C)CCC[C@H](C)[C@@H]1O[Si](C)(C)C(C)(C)C. The molecule has 4 rings (SSSR count). The fraction of sp³-hybridized carbons (Fsp3) is 0.738. The number of nitrogens with zero attached hydrogens (tertiary/aromatic N) is 1. The van der Waals surface area contributed by atoms with E-state index in [0.29, 0.717) is 12.8 Å². The van der Waals surface area contributed by atoms with E-state index in [1.54, 1.807) is 11.3 Å². The Hall–Kier alpha value is -1.70. The Labute approximate surface area is 321 Å². The fourth-order valence-electron chi connectivity index (χ4n) is 7.11. The van der Waals surface area contributed by atoms with Crippen LogP contribution in [0.4, 0.5) is 0 Å². The number of ether oxygens (including phenoxy) is 2. The first-order valence-corrected chi connectivity index (χ1v) is 26.1. The highest BCUT2D eigenvalue weighted by molar-refractivity contribution is 7.18. The maximum Gasteiger partial charge on any atom is 0.309 e. The third-order valence-corrected chi connectivity index (χ3v) is 22.9. The number of esters is 1.